The maximum atomic E-state index is 15.2. The number of nitrogens with zero attached hydrogens (tertiary/aromatic N) is 3. The highest BCUT2D eigenvalue weighted by molar-refractivity contribution is 7.91. The van der Waals surface area contributed by atoms with Gasteiger partial charge in [0, 0.05) is 36.0 Å². The number of nitrogens with one attached hydrogen (secondary N) is 2. The van der Waals surface area contributed by atoms with E-state index >= 15 is 4.79 Å². The van der Waals surface area contributed by atoms with Crippen LogP contribution in [0.1, 0.15) is 85.0 Å². The second kappa shape index (κ2) is 14.4. The van der Waals surface area contributed by atoms with Crippen LogP contribution in [0.15, 0.2) is 36.5 Å². The Morgan fingerprint density at radius 2 is 1.82 bits per heavy atom. The van der Waals surface area contributed by atoms with Crippen LogP contribution in [0.25, 0.3) is 10.8 Å². The van der Waals surface area contributed by atoms with Crippen LogP contribution >= 0.6 is 0 Å². The highest BCUT2D eigenvalue weighted by Crippen LogP contribution is 2.54. The van der Waals surface area contributed by atoms with Gasteiger partial charge in [-0.15, -0.1) is 0 Å². The number of carboxylic acid groups (broad SMARTS) is 1. The number of carbonyl (C=O) groups excluding carboxylic acids is 3. The molecule has 2 aliphatic heterocycles. The van der Waals surface area contributed by atoms with Crippen molar-refractivity contribution >= 4 is 44.6 Å². The maximum absolute atomic E-state index is 15.2. The summed E-state index contributed by atoms with van der Waals surface area (Å²) < 4.78 is 54.2. The average molecular weight is 810 g/mol. The predicted molar refractivity (Wildman–Crippen MR) is 206 cm³/mol. The van der Waals surface area contributed by atoms with Gasteiger partial charge in [0.2, 0.25) is 27.7 Å². The number of amides is 4. The standard InChI is InChI=1S/C41H52FN5O9S/c1-22-7-5-6-8-26-20-41(26,38(50)45-57(53,54)40(3)10-11-40)44-35(48)32-19-29(56-36-31-17-27(42)18-33(55-4)30(31)9-12-43-36)21-46(32)37(49)34(23(2)13-22)47(39(51)52)28-15-24-14-25(24)16-28/h6,8-9,12,17-18,22-26,28-29,32,34H,5,7,10-11,13-16,19-21H2,1-4H3,(H,44,48)(H,45,50)(H,51,52)/b8-6-/t22-,23-,24+,25?,26-,28-,29-,32+,34+,41-/m1/s1. The second-order valence-electron chi connectivity index (χ2n) is 17.8. The Morgan fingerprint density at radius 1 is 1.09 bits per heavy atom. The SMILES string of the molecule is COc1cc(F)cc2c(O[C@@H]3C[C@H]4C(=O)N[C@]5(C(=O)NS(=O)(=O)C6(C)CC6)C[C@H]5/C=C\CC[C@@H](C)C[C@@H](C)[C@H](N(C(=O)O)[C@H]5CC6C[C@H]6C5)C(=O)N4C3)nccc12. The summed E-state index contributed by atoms with van der Waals surface area (Å²) in [6.07, 6.45) is 8.52. The van der Waals surface area contributed by atoms with E-state index in [0.29, 0.717) is 61.1 Å². The molecule has 6 aliphatic rings. The summed E-state index contributed by atoms with van der Waals surface area (Å²) in [7, 11) is -2.62. The third-order valence-electron chi connectivity index (χ3n) is 13.6. The first-order valence-corrected chi connectivity index (χ1v) is 21.7. The molecule has 308 valence electrons. The Bertz CT molecular complexity index is 2120. The number of methoxy groups -OCH3 is 1. The number of rotatable bonds is 8. The third-order valence-corrected chi connectivity index (χ3v) is 15.8. The number of hydrogen-bond acceptors (Lipinski definition) is 9. The van der Waals surface area contributed by atoms with Crippen molar-refractivity contribution in [2.75, 3.05) is 13.7 Å². The molecule has 1 unspecified atom stereocenters. The first-order chi connectivity index (χ1) is 27.0. The third kappa shape index (κ3) is 7.31. The minimum Gasteiger partial charge on any atom is -0.496 e. The fourth-order valence-corrected chi connectivity index (χ4v) is 11.1. The van der Waals surface area contributed by atoms with E-state index in [-0.39, 0.29) is 43.0 Å². The lowest BCUT2D eigenvalue weighted by Crippen LogP contribution is -2.61. The minimum absolute atomic E-state index is 0.0593. The number of allylic oxidation sites excluding steroid dienone is 1. The first-order valence-electron chi connectivity index (χ1n) is 20.2. The zero-order chi connectivity index (χ0) is 40.6. The molecule has 16 heteroatoms. The molecule has 4 saturated carbocycles. The molecule has 4 aliphatic carbocycles. The Hall–Kier alpha value is -4.47. The molecule has 0 spiro atoms. The highest BCUT2D eigenvalue weighted by atomic mass is 32.2. The number of fused-ring (bicyclic) bond motifs is 4. The van der Waals surface area contributed by atoms with Gasteiger partial charge < -0.3 is 24.8 Å². The molecule has 0 bridgehead atoms. The molecule has 10 atom stereocenters. The lowest BCUT2D eigenvalue weighted by Gasteiger charge is -2.40. The van der Waals surface area contributed by atoms with Crippen LogP contribution in [0.2, 0.25) is 0 Å². The van der Waals surface area contributed by atoms with E-state index in [9.17, 15) is 32.3 Å². The van der Waals surface area contributed by atoms with Crippen molar-refractivity contribution in [3.8, 4) is 11.6 Å². The fraction of sp³-hybridized carbons (Fsp3) is 0.634. The van der Waals surface area contributed by atoms with Crippen LogP contribution in [0.4, 0.5) is 9.18 Å². The molecule has 1 saturated heterocycles. The summed E-state index contributed by atoms with van der Waals surface area (Å²) in [5.74, 6) is -2.22. The topological polar surface area (TPSA) is 185 Å². The van der Waals surface area contributed by atoms with Crippen LogP contribution < -0.4 is 19.5 Å². The van der Waals surface area contributed by atoms with Gasteiger partial charge in [-0.25, -0.2) is 22.6 Å². The van der Waals surface area contributed by atoms with Crippen LogP contribution in [0.3, 0.4) is 0 Å². The minimum atomic E-state index is -4.04. The zero-order valence-electron chi connectivity index (χ0n) is 32.8. The van der Waals surface area contributed by atoms with Crippen molar-refractivity contribution in [1.82, 2.24) is 24.8 Å². The molecule has 1 aromatic carbocycles. The van der Waals surface area contributed by atoms with Crippen LogP contribution in [0.5, 0.6) is 11.6 Å². The Kier molecular flexibility index (Phi) is 9.96. The van der Waals surface area contributed by atoms with Gasteiger partial charge in [0.15, 0.2) is 0 Å². The summed E-state index contributed by atoms with van der Waals surface area (Å²) in [6, 6.07) is 1.50. The van der Waals surface area contributed by atoms with E-state index in [1.54, 1.807) is 13.0 Å². The summed E-state index contributed by atoms with van der Waals surface area (Å²) in [5, 5.41) is 14.5. The quantitative estimate of drug-likeness (QED) is 0.314. The molecule has 0 radical (unpaired) electrons. The van der Waals surface area contributed by atoms with Crippen LogP contribution in [-0.4, -0.2) is 100 Å². The summed E-state index contributed by atoms with van der Waals surface area (Å²) >= 11 is 0. The predicted octanol–water partition coefficient (Wildman–Crippen LogP) is 4.76. The molecule has 8 rings (SSSR count). The van der Waals surface area contributed by atoms with Gasteiger partial charge in [-0.1, -0.05) is 26.0 Å². The van der Waals surface area contributed by atoms with Crippen molar-refractivity contribution < 1.29 is 46.6 Å². The van der Waals surface area contributed by atoms with Crippen molar-refractivity contribution in [3.63, 3.8) is 0 Å². The van der Waals surface area contributed by atoms with Gasteiger partial charge in [0.25, 0.3) is 5.91 Å². The lowest BCUT2D eigenvalue weighted by molar-refractivity contribution is -0.145. The fourth-order valence-electron chi connectivity index (χ4n) is 9.79. The molecule has 5 fully saturated rings. The normalized spacial score (nSPS) is 35.0. The van der Waals surface area contributed by atoms with Gasteiger partial charge in [-0.05, 0) is 101 Å². The molecule has 14 nitrogen and oxygen atoms in total. The van der Waals surface area contributed by atoms with Crippen molar-refractivity contribution in [3.05, 3.63) is 42.4 Å². The molecule has 4 amide bonds. The van der Waals surface area contributed by atoms with E-state index in [4.69, 9.17) is 9.47 Å². The van der Waals surface area contributed by atoms with E-state index in [1.807, 2.05) is 19.1 Å². The Labute approximate surface area is 331 Å². The Balaban J connectivity index is 1.16. The van der Waals surface area contributed by atoms with Crippen molar-refractivity contribution in [1.29, 1.82) is 0 Å². The summed E-state index contributed by atoms with van der Waals surface area (Å²) in [6.45, 7) is 5.42. The summed E-state index contributed by atoms with van der Waals surface area (Å²) in [5.41, 5.74) is -1.58. The Morgan fingerprint density at radius 3 is 2.51 bits per heavy atom. The van der Waals surface area contributed by atoms with Gasteiger partial charge in [0.05, 0.1) is 23.8 Å². The summed E-state index contributed by atoms with van der Waals surface area (Å²) in [4.78, 5) is 64.1. The molecule has 1 aromatic heterocycles. The average Bonchev–Trinajstić information content (AvgIpc) is 4.11. The smallest absolute Gasteiger partial charge is 0.408 e. The number of carbonyl (C=O) groups is 4. The van der Waals surface area contributed by atoms with Crippen molar-refractivity contribution in [2.24, 2.45) is 29.6 Å². The lowest BCUT2D eigenvalue weighted by atomic mass is 9.86. The number of hydrogen-bond donors (Lipinski definition) is 3. The maximum Gasteiger partial charge on any atom is 0.408 e. The number of sulfonamides is 1. The number of aromatic nitrogens is 1. The van der Waals surface area contributed by atoms with Gasteiger partial charge >= 0.3 is 6.09 Å². The zero-order valence-corrected chi connectivity index (χ0v) is 33.6. The van der Waals surface area contributed by atoms with E-state index in [0.717, 1.165) is 12.8 Å². The molecular weight excluding hydrogens is 758 g/mol. The molecule has 3 N–H and O–H groups in total. The number of ether oxygens (including phenoxy) is 2. The molecular formula is C41H52FN5O9S. The highest BCUT2D eigenvalue weighted by Gasteiger charge is 2.63. The molecule has 3 heterocycles. The van der Waals surface area contributed by atoms with Crippen LogP contribution in [0, 0.1) is 35.4 Å². The van der Waals surface area contributed by atoms with Crippen LogP contribution in [-0.2, 0) is 24.4 Å². The van der Waals surface area contributed by atoms with E-state index in [2.05, 4.69) is 21.9 Å². The number of benzene rings is 1. The van der Waals surface area contributed by atoms with Gasteiger partial charge in [-0.2, -0.15) is 0 Å². The number of pyridine rings is 1. The van der Waals surface area contributed by atoms with Gasteiger partial charge in [0.1, 0.15) is 35.3 Å². The second-order valence-corrected chi connectivity index (χ2v) is 20.0. The first kappa shape index (κ1) is 39.4. The largest absolute Gasteiger partial charge is 0.496 e. The van der Waals surface area contributed by atoms with E-state index in [1.165, 1.54) is 35.2 Å². The van der Waals surface area contributed by atoms with Gasteiger partial charge in [-0.3, -0.25) is 24.0 Å². The molecule has 57 heavy (non-hydrogen) atoms. The van der Waals surface area contributed by atoms with E-state index < -0.39 is 80.0 Å². The van der Waals surface area contributed by atoms with Crippen molar-refractivity contribution in [2.45, 2.75) is 119 Å². The molecule has 2 aromatic rings. The number of halogens is 1. The monoisotopic (exact) mass is 809 g/mol.